The molecule has 2 fully saturated rings. The minimum Gasteiger partial charge on any atom is -0.465 e. The van der Waals surface area contributed by atoms with Crippen molar-refractivity contribution >= 4 is 22.7 Å². The zero-order chi connectivity index (χ0) is 17.2. The van der Waals surface area contributed by atoms with Gasteiger partial charge >= 0.3 is 6.09 Å². The average molecular weight is 344 g/mol. The van der Waals surface area contributed by atoms with E-state index in [0.717, 1.165) is 48.9 Å². The number of nitrogens with one attached hydrogen (secondary N) is 1. The van der Waals surface area contributed by atoms with Crippen LogP contribution in [0, 0.1) is 0 Å². The summed E-state index contributed by atoms with van der Waals surface area (Å²) >= 11 is 0. The third kappa shape index (κ3) is 3.42. The molecule has 1 amide bonds. The number of fused-ring (bicyclic) bond motifs is 1. The summed E-state index contributed by atoms with van der Waals surface area (Å²) in [6, 6.07) is 6.35. The second-order valence-corrected chi connectivity index (χ2v) is 6.90. The van der Waals surface area contributed by atoms with E-state index in [4.69, 9.17) is 9.84 Å². The van der Waals surface area contributed by atoms with Gasteiger partial charge in [-0.05, 0) is 50.3 Å². The molecule has 2 atom stereocenters. The molecule has 2 aliphatic rings. The Balaban J connectivity index is 1.49. The highest BCUT2D eigenvalue weighted by Gasteiger charge is 2.23. The van der Waals surface area contributed by atoms with Gasteiger partial charge in [0.05, 0.1) is 11.7 Å². The van der Waals surface area contributed by atoms with E-state index in [0.29, 0.717) is 13.1 Å². The molecule has 2 saturated heterocycles. The van der Waals surface area contributed by atoms with Crippen LogP contribution in [0.1, 0.15) is 38.3 Å². The van der Waals surface area contributed by atoms with Crippen molar-refractivity contribution in [3.05, 3.63) is 24.4 Å². The molecule has 2 aliphatic heterocycles. The summed E-state index contributed by atoms with van der Waals surface area (Å²) in [4.78, 5) is 12.6. The molecular formula is C18H24N4O3. The average Bonchev–Trinajstić information content (AvgIpc) is 3.06. The van der Waals surface area contributed by atoms with Gasteiger partial charge in [-0.1, -0.05) is 0 Å². The molecule has 2 unspecified atom stereocenters. The Morgan fingerprint density at radius 3 is 3.00 bits per heavy atom. The van der Waals surface area contributed by atoms with Crippen LogP contribution in [-0.2, 0) is 4.74 Å². The van der Waals surface area contributed by atoms with E-state index in [1.165, 1.54) is 11.3 Å². The van der Waals surface area contributed by atoms with Gasteiger partial charge in [0.25, 0.3) is 0 Å². The molecule has 1 aromatic heterocycles. The summed E-state index contributed by atoms with van der Waals surface area (Å²) in [5, 5.41) is 18.2. The molecule has 2 N–H and O–H groups in total. The first-order chi connectivity index (χ1) is 12.2. The van der Waals surface area contributed by atoms with Gasteiger partial charge in [0.15, 0.2) is 6.23 Å². The quantitative estimate of drug-likeness (QED) is 0.893. The van der Waals surface area contributed by atoms with Gasteiger partial charge in [0.2, 0.25) is 0 Å². The molecule has 7 heteroatoms. The highest BCUT2D eigenvalue weighted by Crippen LogP contribution is 2.28. The van der Waals surface area contributed by atoms with Gasteiger partial charge in [0.1, 0.15) is 0 Å². The third-order valence-corrected chi connectivity index (χ3v) is 5.09. The predicted molar refractivity (Wildman–Crippen MR) is 94.8 cm³/mol. The van der Waals surface area contributed by atoms with E-state index in [9.17, 15) is 4.79 Å². The van der Waals surface area contributed by atoms with Crippen molar-refractivity contribution in [2.75, 3.05) is 25.0 Å². The predicted octanol–water partition coefficient (Wildman–Crippen LogP) is 3.29. The minimum absolute atomic E-state index is 0.0347. The fraction of sp³-hybridized carbons (Fsp3) is 0.556. The number of ether oxygens (including phenoxy) is 1. The number of nitrogens with zero attached hydrogens (tertiary/aromatic N) is 3. The van der Waals surface area contributed by atoms with Gasteiger partial charge in [-0.3, -0.25) is 0 Å². The lowest BCUT2D eigenvalue weighted by molar-refractivity contribution is -0.0366. The monoisotopic (exact) mass is 344 g/mol. The lowest BCUT2D eigenvalue weighted by Gasteiger charge is -2.31. The van der Waals surface area contributed by atoms with E-state index < -0.39 is 6.09 Å². The van der Waals surface area contributed by atoms with Gasteiger partial charge in [-0.25, -0.2) is 9.48 Å². The molecule has 134 valence electrons. The molecule has 0 bridgehead atoms. The number of rotatable bonds is 3. The lowest BCUT2D eigenvalue weighted by atomic mass is 10.1. The molecule has 0 aliphatic carbocycles. The molecule has 4 rings (SSSR count). The van der Waals surface area contributed by atoms with Crippen LogP contribution in [0.3, 0.4) is 0 Å². The minimum atomic E-state index is -0.837. The number of carboxylic acid groups (broad SMARTS) is 1. The van der Waals surface area contributed by atoms with Crippen LogP contribution in [0.5, 0.6) is 0 Å². The maximum atomic E-state index is 11.2. The SMILES string of the molecule is O=C(O)N1CCCC(Nc2ccc3c(cnn3C3CCCCO3)c2)C1. The molecule has 3 heterocycles. The first-order valence-corrected chi connectivity index (χ1v) is 9.04. The molecule has 0 saturated carbocycles. The first-order valence-electron chi connectivity index (χ1n) is 9.04. The van der Waals surface area contributed by atoms with Crippen LogP contribution in [0.15, 0.2) is 24.4 Å². The van der Waals surface area contributed by atoms with Crippen LogP contribution in [-0.4, -0.2) is 51.6 Å². The third-order valence-electron chi connectivity index (χ3n) is 5.09. The number of likely N-dealkylation sites (tertiary alicyclic amines) is 1. The number of carbonyl (C=O) groups is 1. The van der Waals surface area contributed by atoms with Gasteiger partial charge in [0, 0.05) is 36.8 Å². The summed E-state index contributed by atoms with van der Waals surface area (Å²) in [5.41, 5.74) is 2.09. The van der Waals surface area contributed by atoms with Crippen molar-refractivity contribution < 1.29 is 14.6 Å². The highest BCUT2D eigenvalue weighted by molar-refractivity contribution is 5.82. The van der Waals surface area contributed by atoms with E-state index in [1.54, 1.807) is 0 Å². The fourth-order valence-corrected chi connectivity index (χ4v) is 3.79. The molecule has 1 aromatic carbocycles. The Morgan fingerprint density at radius 2 is 2.20 bits per heavy atom. The maximum Gasteiger partial charge on any atom is 0.407 e. The van der Waals surface area contributed by atoms with Crippen LogP contribution in [0.25, 0.3) is 10.9 Å². The van der Waals surface area contributed by atoms with E-state index in [1.807, 2.05) is 16.9 Å². The largest absolute Gasteiger partial charge is 0.465 e. The number of anilines is 1. The van der Waals surface area contributed by atoms with Crippen LogP contribution in [0.2, 0.25) is 0 Å². The zero-order valence-electron chi connectivity index (χ0n) is 14.2. The lowest BCUT2D eigenvalue weighted by Crippen LogP contribution is -2.44. The highest BCUT2D eigenvalue weighted by atomic mass is 16.5. The molecule has 0 spiro atoms. The number of amides is 1. The van der Waals surface area contributed by atoms with Crippen LogP contribution in [0.4, 0.5) is 10.5 Å². The Bertz CT molecular complexity index is 754. The van der Waals surface area contributed by atoms with Crippen LogP contribution < -0.4 is 5.32 Å². The van der Waals surface area contributed by atoms with Crippen molar-refractivity contribution in [3.63, 3.8) is 0 Å². The van der Waals surface area contributed by atoms with Crippen molar-refractivity contribution in [2.45, 2.75) is 44.4 Å². The standard InChI is InChI=1S/C18H24N4O3/c23-18(24)21-8-3-4-15(12-21)20-14-6-7-16-13(10-14)11-19-22(16)17-5-1-2-9-25-17/h6-7,10-11,15,17,20H,1-5,8-9,12H2,(H,23,24). The molecule has 0 radical (unpaired) electrons. The Labute approximate surface area is 146 Å². The normalized spacial score (nSPS) is 24.4. The van der Waals surface area contributed by atoms with E-state index in [2.05, 4.69) is 22.5 Å². The van der Waals surface area contributed by atoms with Gasteiger partial charge in [-0.15, -0.1) is 0 Å². The van der Waals surface area contributed by atoms with Crippen molar-refractivity contribution in [1.29, 1.82) is 0 Å². The summed E-state index contributed by atoms with van der Waals surface area (Å²) in [5.74, 6) is 0. The van der Waals surface area contributed by atoms with E-state index in [-0.39, 0.29) is 12.3 Å². The maximum absolute atomic E-state index is 11.2. The van der Waals surface area contributed by atoms with Crippen molar-refractivity contribution in [3.8, 4) is 0 Å². The zero-order valence-corrected chi connectivity index (χ0v) is 14.2. The molecule has 7 nitrogen and oxygen atoms in total. The number of hydrogen-bond acceptors (Lipinski definition) is 4. The van der Waals surface area contributed by atoms with Gasteiger partial charge < -0.3 is 20.1 Å². The second-order valence-electron chi connectivity index (χ2n) is 6.90. The summed E-state index contributed by atoms with van der Waals surface area (Å²) < 4.78 is 7.82. The number of benzene rings is 1. The Morgan fingerprint density at radius 1 is 1.28 bits per heavy atom. The Kier molecular flexibility index (Phi) is 4.48. The number of hydrogen-bond donors (Lipinski definition) is 2. The van der Waals surface area contributed by atoms with Crippen LogP contribution >= 0.6 is 0 Å². The van der Waals surface area contributed by atoms with Gasteiger partial charge in [-0.2, -0.15) is 5.10 Å². The second kappa shape index (κ2) is 6.92. The van der Waals surface area contributed by atoms with Crippen molar-refractivity contribution in [2.24, 2.45) is 0 Å². The smallest absolute Gasteiger partial charge is 0.407 e. The Hall–Kier alpha value is -2.28. The van der Waals surface area contributed by atoms with Crippen molar-refractivity contribution in [1.82, 2.24) is 14.7 Å². The number of piperidine rings is 1. The summed E-state index contributed by atoms with van der Waals surface area (Å²) in [6.07, 6.45) is 6.25. The summed E-state index contributed by atoms with van der Waals surface area (Å²) in [7, 11) is 0. The van der Waals surface area contributed by atoms with E-state index >= 15 is 0 Å². The molecular weight excluding hydrogens is 320 g/mol. The summed E-state index contributed by atoms with van der Waals surface area (Å²) in [6.45, 7) is 1.96. The fourth-order valence-electron chi connectivity index (χ4n) is 3.79. The molecule has 2 aromatic rings. The number of aromatic nitrogens is 2. The molecule has 25 heavy (non-hydrogen) atoms. The topological polar surface area (TPSA) is 79.6 Å². The first kappa shape index (κ1) is 16.2.